The Kier molecular flexibility index (Phi) is 8.85. The lowest BCUT2D eigenvalue weighted by molar-refractivity contribution is -0.111. The molecule has 0 fully saturated rings. The summed E-state index contributed by atoms with van der Waals surface area (Å²) in [5.41, 5.74) is 2.93. The first-order chi connectivity index (χ1) is 19.2. The predicted molar refractivity (Wildman–Crippen MR) is 162 cm³/mol. The van der Waals surface area contributed by atoms with E-state index >= 15 is 0 Å². The van der Waals surface area contributed by atoms with Gasteiger partial charge in [-0.3, -0.25) is 4.79 Å². The lowest BCUT2D eigenvalue weighted by atomic mass is 10.2. The van der Waals surface area contributed by atoms with E-state index in [0.717, 1.165) is 35.5 Å². The Balaban J connectivity index is 1.71. The average molecular weight is 544 g/mol. The number of amides is 1. The Morgan fingerprint density at radius 3 is 2.60 bits per heavy atom. The smallest absolute Gasteiger partial charge is 0.247 e. The van der Waals surface area contributed by atoms with Gasteiger partial charge in [-0.25, -0.2) is 9.67 Å². The molecule has 0 spiro atoms. The van der Waals surface area contributed by atoms with E-state index < -0.39 is 0 Å². The van der Waals surface area contributed by atoms with Gasteiger partial charge in [0.2, 0.25) is 11.9 Å². The second kappa shape index (κ2) is 12.5. The van der Waals surface area contributed by atoms with Crippen molar-refractivity contribution in [3.8, 4) is 11.6 Å². The van der Waals surface area contributed by atoms with Crippen molar-refractivity contribution >= 4 is 45.6 Å². The topological polar surface area (TPSA) is 112 Å². The van der Waals surface area contributed by atoms with Crippen molar-refractivity contribution in [1.82, 2.24) is 24.6 Å². The number of fused-ring (bicyclic) bond motifs is 1. The Bertz CT molecular complexity index is 1500. The minimum absolute atomic E-state index is 0.225. The SMILES string of the molecule is C=CC(=O)Nc1cc(Nc2nccc(-n3nc(NC(C)C)c4ccccc43)n2)c(OC)cc1N(C)CCN(C)C. The molecular weight excluding hydrogens is 506 g/mol. The highest BCUT2D eigenvalue weighted by atomic mass is 16.5. The summed E-state index contributed by atoms with van der Waals surface area (Å²) in [6, 6.07) is 13.7. The van der Waals surface area contributed by atoms with Crippen molar-refractivity contribution in [3.63, 3.8) is 0 Å². The van der Waals surface area contributed by atoms with Crippen LogP contribution in [0.5, 0.6) is 5.75 Å². The second-order valence-corrected chi connectivity index (χ2v) is 9.93. The van der Waals surface area contributed by atoms with E-state index in [-0.39, 0.29) is 11.9 Å². The molecule has 0 unspecified atom stereocenters. The monoisotopic (exact) mass is 543 g/mol. The maximum Gasteiger partial charge on any atom is 0.247 e. The molecule has 40 heavy (non-hydrogen) atoms. The van der Waals surface area contributed by atoms with Crippen LogP contribution < -0.4 is 25.6 Å². The summed E-state index contributed by atoms with van der Waals surface area (Å²) < 4.78 is 7.51. The number of aromatic nitrogens is 4. The number of para-hydroxylation sites is 1. The van der Waals surface area contributed by atoms with Crippen LogP contribution >= 0.6 is 0 Å². The van der Waals surface area contributed by atoms with Crippen LogP contribution in [-0.2, 0) is 4.79 Å². The summed E-state index contributed by atoms with van der Waals surface area (Å²) in [4.78, 5) is 25.6. The zero-order chi connectivity index (χ0) is 28.8. The molecule has 0 atom stereocenters. The number of ether oxygens (including phenoxy) is 1. The standard InChI is InChI=1S/C29H37N9O2/c1-8-27(39)32-21-17-22(25(40-7)18-24(21)37(6)16-15-36(4)5)33-29-30-14-13-26(34-29)38-23-12-10-9-11-20(23)28(35-38)31-19(2)3/h8-14,17-19H,1,15-16H2,2-7H3,(H,31,35)(H,32,39)(H,30,33,34). The van der Waals surface area contributed by atoms with E-state index in [1.165, 1.54) is 6.08 Å². The number of likely N-dealkylation sites (N-methyl/N-ethyl adjacent to an activating group) is 2. The van der Waals surface area contributed by atoms with Crippen molar-refractivity contribution in [1.29, 1.82) is 0 Å². The number of benzene rings is 2. The largest absolute Gasteiger partial charge is 0.494 e. The third-order valence-electron chi connectivity index (χ3n) is 6.17. The van der Waals surface area contributed by atoms with Gasteiger partial charge in [-0.2, -0.15) is 4.98 Å². The summed E-state index contributed by atoms with van der Waals surface area (Å²) in [7, 11) is 7.61. The molecule has 2 aromatic carbocycles. The van der Waals surface area contributed by atoms with E-state index in [1.807, 2.05) is 57.5 Å². The molecule has 0 bridgehead atoms. The van der Waals surface area contributed by atoms with Crippen molar-refractivity contribution in [3.05, 3.63) is 61.3 Å². The van der Waals surface area contributed by atoms with Crippen LogP contribution in [0.3, 0.4) is 0 Å². The molecule has 0 radical (unpaired) electrons. The molecule has 0 aliphatic carbocycles. The fourth-order valence-electron chi connectivity index (χ4n) is 4.17. The molecular formula is C29H37N9O2. The fraction of sp³-hybridized carbons (Fsp3) is 0.310. The molecule has 2 aromatic heterocycles. The van der Waals surface area contributed by atoms with Gasteiger partial charge in [0, 0.05) is 49.9 Å². The third-order valence-corrected chi connectivity index (χ3v) is 6.17. The highest BCUT2D eigenvalue weighted by Crippen LogP contribution is 2.38. The van der Waals surface area contributed by atoms with Crippen LogP contribution in [0, 0.1) is 0 Å². The normalized spacial score (nSPS) is 11.1. The number of hydrogen-bond acceptors (Lipinski definition) is 9. The maximum absolute atomic E-state index is 12.3. The molecule has 4 rings (SSSR count). The van der Waals surface area contributed by atoms with E-state index in [1.54, 1.807) is 24.1 Å². The number of nitrogens with zero attached hydrogens (tertiary/aromatic N) is 6. The van der Waals surface area contributed by atoms with E-state index in [2.05, 4.69) is 51.2 Å². The van der Waals surface area contributed by atoms with E-state index in [4.69, 9.17) is 14.8 Å². The molecule has 4 aromatic rings. The van der Waals surface area contributed by atoms with Crippen molar-refractivity contribution in [2.75, 3.05) is 62.2 Å². The first-order valence-electron chi connectivity index (χ1n) is 13.1. The third kappa shape index (κ3) is 6.49. The zero-order valence-electron chi connectivity index (χ0n) is 23.9. The molecule has 0 aliphatic rings. The molecule has 2 heterocycles. The highest BCUT2D eigenvalue weighted by Gasteiger charge is 2.18. The lowest BCUT2D eigenvalue weighted by Crippen LogP contribution is -2.29. The van der Waals surface area contributed by atoms with Crippen LogP contribution in [-0.4, -0.2) is 77.9 Å². The minimum Gasteiger partial charge on any atom is -0.494 e. The number of hydrogen-bond donors (Lipinski definition) is 3. The number of carbonyl (C=O) groups excluding carboxylic acids is 1. The Labute approximate surface area is 234 Å². The van der Waals surface area contributed by atoms with Crippen LogP contribution in [0.1, 0.15) is 13.8 Å². The number of rotatable bonds is 12. The van der Waals surface area contributed by atoms with Crippen molar-refractivity contribution in [2.45, 2.75) is 19.9 Å². The first kappa shape index (κ1) is 28.4. The Hall–Kier alpha value is -4.64. The van der Waals surface area contributed by atoms with Crippen LogP contribution in [0.15, 0.2) is 61.3 Å². The quantitative estimate of drug-likeness (QED) is 0.222. The summed E-state index contributed by atoms with van der Waals surface area (Å²) in [5, 5.41) is 15.4. The molecule has 0 saturated heterocycles. The summed E-state index contributed by atoms with van der Waals surface area (Å²) in [5.74, 6) is 2.00. The molecule has 3 N–H and O–H groups in total. The average Bonchev–Trinajstić information content (AvgIpc) is 3.29. The number of methoxy groups -OCH3 is 1. The summed E-state index contributed by atoms with van der Waals surface area (Å²) in [6.07, 6.45) is 2.91. The number of carbonyl (C=O) groups is 1. The number of nitrogens with one attached hydrogen (secondary N) is 3. The van der Waals surface area contributed by atoms with Gasteiger partial charge in [0.25, 0.3) is 0 Å². The lowest BCUT2D eigenvalue weighted by Gasteiger charge is -2.26. The van der Waals surface area contributed by atoms with Gasteiger partial charge in [0.15, 0.2) is 11.6 Å². The maximum atomic E-state index is 12.3. The molecule has 11 nitrogen and oxygen atoms in total. The second-order valence-electron chi connectivity index (χ2n) is 9.93. The van der Waals surface area contributed by atoms with Gasteiger partial charge in [-0.05, 0) is 52.2 Å². The van der Waals surface area contributed by atoms with Crippen LogP contribution in [0.4, 0.5) is 28.8 Å². The summed E-state index contributed by atoms with van der Waals surface area (Å²) >= 11 is 0. The van der Waals surface area contributed by atoms with E-state index in [0.29, 0.717) is 28.9 Å². The molecule has 0 saturated carbocycles. The predicted octanol–water partition coefficient (Wildman–Crippen LogP) is 4.51. The fourth-order valence-corrected chi connectivity index (χ4v) is 4.17. The van der Waals surface area contributed by atoms with Gasteiger partial charge in [0.1, 0.15) is 5.75 Å². The van der Waals surface area contributed by atoms with Gasteiger partial charge in [-0.15, -0.1) is 5.10 Å². The summed E-state index contributed by atoms with van der Waals surface area (Å²) in [6.45, 7) is 9.32. The first-order valence-corrected chi connectivity index (χ1v) is 13.1. The van der Waals surface area contributed by atoms with Gasteiger partial charge in [0.05, 0.1) is 29.7 Å². The molecule has 11 heteroatoms. The highest BCUT2D eigenvalue weighted by molar-refractivity contribution is 6.02. The molecule has 0 aliphatic heterocycles. The molecule has 1 amide bonds. The van der Waals surface area contributed by atoms with Crippen molar-refractivity contribution in [2.24, 2.45) is 0 Å². The molecule has 210 valence electrons. The van der Waals surface area contributed by atoms with Crippen LogP contribution in [0.25, 0.3) is 16.7 Å². The minimum atomic E-state index is -0.312. The Morgan fingerprint density at radius 2 is 1.90 bits per heavy atom. The zero-order valence-corrected chi connectivity index (χ0v) is 23.9. The van der Waals surface area contributed by atoms with Crippen molar-refractivity contribution < 1.29 is 9.53 Å². The number of anilines is 5. The van der Waals surface area contributed by atoms with Gasteiger partial charge < -0.3 is 30.5 Å². The van der Waals surface area contributed by atoms with Crippen LogP contribution in [0.2, 0.25) is 0 Å². The van der Waals surface area contributed by atoms with E-state index in [9.17, 15) is 4.79 Å². The van der Waals surface area contributed by atoms with Gasteiger partial charge in [-0.1, -0.05) is 18.7 Å². The Morgan fingerprint density at radius 1 is 1.12 bits per heavy atom. The van der Waals surface area contributed by atoms with Gasteiger partial charge >= 0.3 is 0 Å².